The highest BCUT2D eigenvalue weighted by molar-refractivity contribution is 14.1. The zero-order valence-corrected chi connectivity index (χ0v) is 17.5. The Morgan fingerprint density at radius 2 is 2.07 bits per heavy atom. The predicted molar refractivity (Wildman–Crippen MR) is 111 cm³/mol. The van der Waals surface area contributed by atoms with Crippen LogP contribution in [0.3, 0.4) is 0 Å². The van der Waals surface area contributed by atoms with E-state index in [4.69, 9.17) is 16.4 Å². The summed E-state index contributed by atoms with van der Waals surface area (Å²) in [6, 6.07) is 8.19. The second-order valence-corrected chi connectivity index (χ2v) is 8.43. The average Bonchev–Trinajstić information content (AvgIpc) is 3.40. The highest BCUT2D eigenvalue weighted by Crippen LogP contribution is 2.44. The van der Waals surface area contributed by atoms with Gasteiger partial charge >= 0.3 is 0 Å². The number of carbonyl (C=O) groups is 1. The molecule has 0 aromatic heterocycles. The Hall–Kier alpha value is -1.42. The fourth-order valence-corrected chi connectivity index (χ4v) is 3.40. The van der Waals surface area contributed by atoms with Crippen LogP contribution in [0.25, 0.3) is 0 Å². The molecule has 0 aliphatic heterocycles. The predicted octanol–water partition coefficient (Wildman–Crippen LogP) is 4.57. The van der Waals surface area contributed by atoms with Gasteiger partial charge in [0.2, 0.25) is 0 Å². The van der Waals surface area contributed by atoms with Gasteiger partial charge in [0.25, 0.3) is 5.91 Å². The van der Waals surface area contributed by atoms with Gasteiger partial charge in [-0.15, -0.1) is 0 Å². The summed E-state index contributed by atoms with van der Waals surface area (Å²) in [5.74, 6) is -1.17. The number of anilines is 2. The molecule has 3 rings (SSSR count). The van der Waals surface area contributed by atoms with Crippen molar-refractivity contribution >= 4 is 51.5 Å². The van der Waals surface area contributed by atoms with Crippen LogP contribution in [-0.2, 0) is 4.84 Å². The van der Waals surface area contributed by atoms with Crippen LogP contribution in [-0.4, -0.2) is 24.2 Å². The van der Waals surface area contributed by atoms with Crippen LogP contribution in [0.2, 0.25) is 5.02 Å². The number of amides is 1. The number of halogens is 3. The molecule has 2 aromatic rings. The Kier molecular flexibility index (Phi) is 6.25. The summed E-state index contributed by atoms with van der Waals surface area (Å²) in [5.41, 5.74) is 4.25. The van der Waals surface area contributed by atoms with E-state index in [9.17, 15) is 14.3 Å². The zero-order valence-electron chi connectivity index (χ0n) is 14.6. The minimum Gasteiger partial charge on any atom is -0.396 e. The molecule has 8 heteroatoms. The lowest BCUT2D eigenvalue weighted by molar-refractivity contribution is -0.0000224. The number of carbonyl (C=O) groups excluding carboxylic acids is 1. The van der Waals surface area contributed by atoms with Gasteiger partial charge in [-0.25, -0.2) is 9.87 Å². The summed E-state index contributed by atoms with van der Waals surface area (Å²) >= 11 is 8.07. The lowest BCUT2D eigenvalue weighted by atomic mass is 10.1. The number of aryl methyl sites for hydroxylation is 1. The van der Waals surface area contributed by atoms with E-state index < -0.39 is 11.7 Å². The van der Waals surface area contributed by atoms with Crippen LogP contribution in [0, 0.1) is 21.7 Å². The smallest absolute Gasteiger partial charge is 0.277 e. The van der Waals surface area contributed by atoms with Gasteiger partial charge in [-0.2, -0.15) is 0 Å². The van der Waals surface area contributed by atoms with Crippen molar-refractivity contribution in [1.82, 2.24) is 5.48 Å². The van der Waals surface area contributed by atoms with Crippen molar-refractivity contribution < 1.29 is 19.1 Å². The zero-order chi connectivity index (χ0) is 19.6. The molecule has 0 radical (unpaired) electrons. The van der Waals surface area contributed by atoms with Gasteiger partial charge in [0.15, 0.2) is 0 Å². The van der Waals surface area contributed by atoms with Crippen molar-refractivity contribution in [3.63, 3.8) is 0 Å². The van der Waals surface area contributed by atoms with Crippen LogP contribution in [0.1, 0.15) is 28.8 Å². The molecule has 1 aliphatic rings. The number of rotatable bonds is 7. The first-order valence-electron chi connectivity index (χ1n) is 8.39. The highest BCUT2D eigenvalue weighted by Gasteiger charge is 2.42. The van der Waals surface area contributed by atoms with E-state index in [1.165, 1.54) is 12.1 Å². The normalized spacial score (nSPS) is 14.7. The van der Waals surface area contributed by atoms with Crippen LogP contribution in [0.4, 0.5) is 15.8 Å². The van der Waals surface area contributed by atoms with E-state index >= 15 is 0 Å². The fraction of sp³-hybridized carbons (Fsp3) is 0.316. The van der Waals surface area contributed by atoms with Crippen LogP contribution >= 0.6 is 34.2 Å². The number of hydrogen-bond donors (Lipinski definition) is 3. The van der Waals surface area contributed by atoms with Gasteiger partial charge in [-0.3, -0.25) is 9.63 Å². The molecule has 1 fully saturated rings. The van der Waals surface area contributed by atoms with Gasteiger partial charge in [0.1, 0.15) is 5.82 Å². The summed E-state index contributed by atoms with van der Waals surface area (Å²) < 4.78 is 15.1. The Labute approximate surface area is 175 Å². The Bertz CT molecular complexity index is 874. The molecule has 27 heavy (non-hydrogen) atoms. The van der Waals surface area contributed by atoms with E-state index in [0.29, 0.717) is 0 Å². The second kappa shape index (κ2) is 8.30. The monoisotopic (exact) mass is 504 g/mol. The third kappa shape index (κ3) is 4.90. The minimum atomic E-state index is -0.628. The van der Waals surface area contributed by atoms with Crippen molar-refractivity contribution in [2.45, 2.75) is 19.8 Å². The molecule has 1 amide bonds. The van der Waals surface area contributed by atoms with E-state index in [1.54, 1.807) is 0 Å². The molecule has 0 atom stereocenters. The number of nitrogens with one attached hydrogen (secondary N) is 2. The minimum absolute atomic E-state index is 0.0180. The Morgan fingerprint density at radius 1 is 1.33 bits per heavy atom. The number of aliphatic hydroxyl groups excluding tert-OH is 1. The SMILES string of the molecule is Cc1cc(I)ccc1Nc1cc(F)c(Cl)cc1C(=O)NOCC1(CO)CC1. The second-order valence-electron chi connectivity index (χ2n) is 6.77. The van der Waals surface area contributed by atoms with Gasteiger partial charge < -0.3 is 10.4 Å². The molecule has 2 aromatic carbocycles. The topological polar surface area (TPSA) is 70.6 Å². The molecule has 0 unspecified atom stereocenters. The van der Waals surface area contributed by atoms with Crippen molar-refractivity contribution in [3.8, 4) is 0 Å². The van der Waals surface area contributed by atoms with Crippen LogP contribution < -0.4 is 10.8 Å². The highest BCUT2D eigenvalue weighted by atomic mass is 127. The van der Waals surface area contributed by atoms with Crippen molar-refractivity contribution in [2.24, 2.45) is 5.41 Å². The molecular weight excluding hydrogens is 486 g/mol. The van der Waals surface area contributed by atoms with Crippen LogP contribution in [0.15, 0.2) is 30.3 Å². The molecule has 1 aliphatic carbocycles. The van der Waals surface area contributed by atoms with Crippen molar-refractivity contribution in [2.75, 3.05) is 18.5 Å². The molecule has 3 N–H and O–H groups in total. The third-order valence-corrected chi connectivity index (χ3v) is 5.56. The quantitative estimate of drug-likeness (QED) is 0.382. The first kappa shape index (κ1) is 20.3. The molecule has 5 nitrogen and oxygen atoms in total. The summed E-state index contributed by atoms with van der Waals surface area (Å²) in [7, 11) is 0. The summed E-state index contributed by atoms with van der Waals surface area (Å²) in [4.78, 5) is 17.8. The summed E-state index contributed by atoms with van der Waals surface area (Å²) in [6.07, 6.45) is 1.72. The van der Waals surface area contributed by atoms with E-state index in [-0.39, 0.29) is 34.9 Å². The fourth-order valence-electron chi connectivity index (χ4n) is 2.59. The van der Waals surface area contributed by atoms with Crippen molar-refractivity contribution in [1.29, 1.82) is 0 Å². The van der Waals surface area contributed by atoms with E-state index in [2.05, 4.69) is 33.4 Å². The number of aliphatic hydroxyl groups is 1. The lowest BCUT2D eigenvalue weighted by Gasteiger charge is -2.16. The van der Waals surface area contributed by atoms with E-state index in [1.807, 2.05) is 25.1 Å². The maximum atomic E-state index is 14.0. The van der Waals surface area contributed by atoms with Gasteiger partial charge in [0.05, 0.1) is 29.5 Å². The van der Waals surface area contributed by atoms with E-state index in [0.717, 1.165) is 27.7 Å². The molecule has 0 heterocycles. The molecule has 0 saturated heterocycles. The standard InChI is InChI=1S/C19H19ClFIN2O3/c1-11-6-12(22)2-3-16(11)23-17-8-15(21)14(20)7-13(17)18(26)24-27-10-19(9-25)4-5-19/h2-3,6-8,23,25H,4-5,9-10H2,1H3,(H,24,26). The summed E-state index contributed by atoms with van der Waals surface area (Å²) in [5, 5.41) is 12.2. The van der Waals surface area contributed by atoms with Gasteiger partial charge in [-0.05, 0) is 78.3 Å². The number of hydroxylamine groups is 1. The molecule has 0 bridgehead atoms. The number of hydrogen-bond acceptors (Lipinski definition) is 4. The Balaban J connectivity index is 1.79. The average molecular weight is 505 g/mol. The summed E-state index contributed by atoms with van der Waals surface area (Å²) in [6.45, 7) is 2.16. The molecule has 0 spiro atoms. The van der Waals surface area contributed by atoms with Gasteiger partial charge in [0, 0.05) is 14.7 Å². The lowest BCUT2D eigenvalue weighted by Crippen LogP contribution is -2.28. The largest absolute Gasteiger partial charge is 0.396 e. The molecular formula is C19H19ClFIN2O3. The first-order chi connectivity index (χ1) is 12.8. The maximum Gasteiger partial charge on any atom is 0.277 e. The number of benzene rings is 2. The van der Waals surface area contributed by atoms with Crippen molar-refractivity contribution in [3.05, 3.63) is 55.9 Å². The van der Waals surface area contributed by atoms with Crippen LogP contribution in [0.5, 0.6) is 0 Å². The molecule has 1 saturated carbocycles. The Morgan fingerprint density at radius 3 is 2.70 bits per heavy atom. The first-order valence-corrected chi connectivity index (χ1v) is 9.84. The van der Waals surface area contributed by atoms with Gasteiger partial charge in [-0.1, -0.05) is 11.6 Å². The third-order valence-electron chi connectivity index (χ3n) is 4.60. The maximum absolute atomic E-state index is 14.0. The molecule has 144 valence electrons.